The molecular weight excluding hydrogens is 325 g/mol. The van der Waals surface area contributed by atoms with Crippen molar-refractivity contribution in [1.29, 1.82) is 0 Å². The molecule has 25 heavy (non-hydrogen) atoms. The average Bonchev–Trinajstić information content (AvgIpc) is 3.09. The van der Waals surface area contributed by atoms with E-state index in [4.69, 9.17) is 14.2 Å². The van der Waals surface area contributed by atoms with Gasteiger partial charge in [0.2, 0.25) is 6.79 Å². The minimum absolute atomic E-state index is 0.244. The van der Waals surface area contributed by atoms with Crippen LogP contribution in [0.3, 0.4) is 0 Å². The van der Waals surface area contributed by atoms with Gasteiger partial charge < -0.3 is 24.8 Å². The molecule has 0 bridgehead atoms. The van der Waals surface area contributed by atoms with E-state index >= 15 is 0 Å². The Bertz CT molecular complexity index is 752. The quantitative estimate of drug-likeness (QED) is 0.478. The SMILES string of the molecule is CN=C(NCCOc1ccc2c(c1)OCO2)NCc1cccc(F)c1. The fourth-order valence-corrected chi connectivity index (χ4v) is 2.36. The van der Waals surface area contributed by atoms with Crippen molar-refractivity contribution in [1.82, 2.24) is 10.6 Å². The van der Waals surface area contributed by atoms with E-state index in [1.54, 1.807) is 19.2 Å². The number of nitrogens with one attached hydrogen (secondary N) is 2. The summed E-state index contributed by atoms with van der Waals surface area (Å²) < 4.78 is 29.4. The number of guanidine groups is 1. The topological polar surface area (TPSA) is 64.1 Å². The first kappa shape index (κ1) is 16.9. The lowest BCUT2D eigenvalue weighted by molar-refractivity contribution is 0.173. The summed E-state index contributed by atoms with van der Waals surface area (Å²) in [6.45, 7) is 1.76. The maximum Gasteiger partial charge on any atom is 0.231 e. The third kappa shape index (κ3) is 4.76. The molecule has 2 N–H and O–H groups in total. The van der Waals surface area contributed by atoms with E-state index in [1.165, 1.54) is 12.1 Å². The Morgan fingerprint density at radius 3 is 2.88 bits per heavy atom. The van der Waals surface area contributed by atoms with Crippen LogP contribution in [0.5, 0.6) is 17.2 Å². The second-order valence-electron chi connectivity index (χ2n) is 5.35. The molecule has 3 rings (SSSR count). The van der Waals surface area contributed by atoms with Gasteiger partial charge in [0, 0.05) is 19.7 Å². The second-order valence-corrected chi connectivity index (χ2v) is 5.35. The number of aliphatic imine (C=N–C) groups is 1. The van der Waals surface area contributed by atoms with Crippen LogP contribution in [0.4, 0.5) is 4.39 Å². The van der Waals surface area contributed by atoms with Gasteiger partial charge in [0.15, 0.2) is 17.5 Å². The Morgan fingerprint density at radius 1 is 1.16 bits per heavy atom. The Hall–Kier alpha value is -2.96. The predicted octanol–water partition coefficient (Wildman–Crippen LogP) is 2.30. The molecule has 1 aliphatic rings. The molecule has 132 valence electrons. The van der Waals surface area contributed by atoms with Crippen molar-refractivity contribution in [3.05, 3.63) is 53.8 Å². The smallest absolute Gasteiger partial charge is 0.231 e. The largest absolute Gasteiger partial charge is 0.492 e. The molecule has 6 nitrogen and oxygen atoms in total. The van der Waals surface area contributed by atoms with Gasteiger partial charge in [-0.25, -0.2) is 4.39 Å². The molecule has 0 fully saturated rings. The summed E-state index contributed by atoms with van der Waals surface area (Å²) in [7, 11) is 1.68. The van der Waals surface area contributed by atoms with Gasteiger partial charge >= 0.3 is 0 Å². The van der Waals surface area contributed by atoms with Gasteiger partial charge in [-0.1, -0.05) is 12.1 Å². The van der Waals surface area contributed by atoms with Gasteiger partial charge in [-0.15, -0.1) is 0 Å². The van der Waals surface area contributed by atoms with E-state index in [2.05, 4.69) is 15.6 Å². The Kier molecular flexibility index (Phi) is 5.56. The molecule has 0 unspecified atom stereocenters. The number of nitrogens with zero attached hydrogens (tertiary/aromatic N) is 1. The Balaban J connectivity index is 1.40. The summed E-state index contributed by atoms with van der Waals surface area (Å²) in [4.78, 5) is 4.13. The molecule has 0 saturated carbocycles. The highest BCUT2D eigenvalue weighted by Crippen LogP contribution is 2.34. The lowest BCUT2D eigenvalue weighted by Gasteiger charge is -2.13. The van der Waals surface area contributed by atoms with E-state index in [-0.39, 0.29) is 12.6 Å². The zero-order valence-electron chi connectivity index (χ0n) is 13.9. The van der Waals surface area contributed by atoms with Crippen molar-refractivity contribution >= 4 is 5.96 Å². The summed E-state index contributed by atoms with van der Waals surface area (Å²) in [5.74, 6) is 2.51. The minimum atomic E-state index is -0.251. The van der Waals surface area contributed by atoms with Gasteiger partial charge in [0.1, 0.15) is 18.2 Å². The summed E-state index contributed by atoms with van der Waals surface area (Å²) >= 11 is 0. The van der Waals surface area contributed by atoms with E-state index in [9.17, 15) is 4.39 Å². The molecule has 0 aliphatic carbocycles. The maximum absolute atomic E-state index is 13.2. The summed E-state index contributed by atoms with van der Waals surface area (Å²) in [6, 6.07) is 11.9. The maximum atomic E-state index is 13.2. The zero-order chi connectivity index (χ0) is 17.5. The van der Waals surface area contributed by atoms with E-state index < -0.39 is 0 Å². The van der Waals surface area contributed by atoms with Gasteiger partial charge in [0.25, 0.3) is 0 Å². The molecule has 0 amide bonds. The third-order valence-corrected chi connectivity index (χ3v) is 3.58. The van der Waals surface area contributed by atoms with Gasteiger partial charge in [0.05, 0.1) is 6.54 Å². The minimum Gasteiger partial charge on any atom is -0.492 e. The van der Waals surface area contributed by atoms with Crippen LogP contribution in [0.25, 0.3) is 0 Å². The van der Waals surface area contributed by atoms with Gasteiger partial charge in [-0.05, 0) is 29.8 Å². The number of halogens is 1. The lowest BCUT2D eigenvalue weighted by Crippen LogP contribution is -2.38. The first-order chi connectivity index (χ1) is 12.2. The highest BCUT2D eigenvalue weighted by atomic mass is 19.1. The molecule has 1 heterocycles. The van der Waals surface area contributed by atoms with Crippen molar-refractivity contribution in [3.63, 3.8) is 0 Å². The molecule has 0 radical (unpaired) electrons. The van der Waals surface area contributed by atoms with Crippen LogP contribution in [-0.4, -0.2) is 33.0 Å². The van der Waals surface area contributed by atoms with Crippen LogP contribution in [0, 0.1) is 5.82 Å². The normalized spacial score (nSPS) is 12.8. The van der Waals surface area contributed by atoms with Crippen molar-refractivity contribution in [2.75, 3.05) is 27.0 Å². The van der Waals surface area contributed by atoms with Crippen LogP contribution in [0.2, 0.25) is 0 Å². The van der Waals surface area contributed by atoms with Crippen LogP contribution >= 0.6 is 0 Å². The van der Waals surface area contributed by atoms with Gasteiger partial charge in [-0.3, -0.25) is 4.99 Å². The molecule has 0 aromatic heterocycles. The van der Waals surface area contributed by atoms with E-state index in [0.717, 1.165) is 11.3 Å². The van der Waals surface area contributed by atoms with Crippen molar-refractivity contribution in [2.45, 2.75) is 6.54 Å². The fraction of sp³-hybridized carbons (Fsp3) is 0.278. The molecule has 0 saturated heterocycles. The molecular formula is C18H20FN3O3. The van der Waals surface area contributed by atoms with Crippen molar-refractivity contribution in [3.8, 4) is 17.2 Å². The highest BCUT2D eigenvalue weighted by molar-refractivity contribution is 5.79. The first-order valence-corrected chi connectivity index (χ1v) is 7.96. The van der Waals surface area contributed by atoms with E-state index in [1.807, 2.05) is 18.2 Å². The second kappa shape index (κ2) is 8.23. The van der Waals surface area contributed by atoms with Crippen LogP contribution in [0.15, 0.2) is 47.5 Å². The molecule has 0 spiro atoms. The first-order valence-electron chi connectivity index (χ1n) is 7.96. The predicted molar refractivity (Wildman–Crippen MR) is 92.7 cm³/mol. The number of benzene rings is 2. The van der Waals surface area contributed by atoms with Crippen LogP contribution in [-0.2, 0) is 6.54 Å². The van der Waals surface area contributed by atoms with Crippen molar-refractivity contribution < 1.29 is 18.6 Å². The molecule has 7 heteroatoms. The van der Waals surface area contributed by atoms with Crippen molar-refractivity contribution in [2.24, 2.45) is 4.99 Å². The Labute approximate surface area is 145 Å². The Morgan fingerprint density at radius 2 is 2.04 bits per heavy atom. The van der Waals surface area contributed by atoms with Gasteiger partial charge in [-0.2, -0.15) is 0 Å². The molecule has 1 aliphatic heterocycles. The average molecular weight is 345 g/mol. The zero-order valence-corrected chi connectivity index (χ0v) is 13.9. The van der Waals surface area contributed by atoms with E-state index in [0.29, 0.717) is 37.2 Å². The summed E-state index contributed by atoms with van der Waals surface area (Å²) in [5, 5.41) is 6.27. The van der Waals surface area contributed by atoms with Crippen LogP contribution < -0.4 is 24.8 Å². The number of fused-ring (bicyclic) bond motifs is 1. The monoisotopic (exact) mass is 345 g/mol. The number of ether oxygens (including phenoxy) is 3. The molecule has 2 aromatic carbocycles. The summed E-state index contributed by atoms with van der Waals surface area (Å²) in [6.07, 6.45) is 0. The standard InChI is InChI=1S/C18H20FN3O3/c1-20-18(22-11-13-3-2-4-14(19)9-13)21-7-8-23-15-5-6-16-17(10-15)25-12-24-16/h2-6,9-10H,7-8,11-12H2,1H3,(H2,20,21,22). The number of hydrogen-bond acceptors (Lipinski definition) is 4. The molecule has 0 atom stereocenters. The van der Waals surface area contributed by atoms with Crippen LogP contribution in [0.1, 0.15) is 5.56 Å². The number of hydrogen-bond donors (Lipinski definition) is 2. The third-order valence-electron chi connectivity index (χ3n) is 3.58. The summed E-state index contributed by atoms with van der Waals surface area (Å²) in [5.41, 5.74) is 0.847. The molecule has 2 aromatic rings. The highest BCUT2D eigenvalue weighted by Gasteiger charge is 2.13. The fourth-order valence-electron chi connectivity index (χ4n) is 2.36. The number of rotatable bonds is 6. The lowest BCUT2D eigenvalue weighted by atomic mass is 10.2.